The summed E-state index contributed by atoms with van der Waals surface area (Å²) in [7, 11) is 0. The molecular formula is C15H23NO. The van der Waals surface area contributed by atoms with Crippen LogP contribution < -0.4 is 5.73 Å². The first-order chi connectivity index (χ1) is 8.05. The van der Waals surface area contributed by atoms with Gasteiger partial charge in [-0.1, -0.05) is 25.1 Å². The standard InChI is InChI=1S/C15H23NO/c1-11(17)15(2,10-16)9-12-6-7-13-4-3-5-14(13)8-12/h6-8,11,17H,3-5,9-10,16H2,1-2H3. The molecule has 0 fully saturated rings. The molecule has 0 saturated carbocycles. The molecule has 1 aromatic carbocycles. The molecule has 3 N–H and O–H groups in total. The summed E-state index contributed by atoms with van der Waals surface area (Å²) in [4.78, 5) is 0. The molecule has 2 heteroatoms. The number of aliphatic hydroxyl groups excluding tert-OH is 1. The first kappa shape index (κ1) is 12.6. The third kappa shape index (κ3) is 2.53. The van der Waals surface area contributed by atoms with Crippen molar-refractivity contribution in [1.82, 2.24) is 0 Å². The normalized spacial score (nSPS) is 19.8. The van der Waals surface area contributed by atoms with Crippen LogP contribution in [0.2, 0.25) is 0 Å². The lowest BCUT2D eigenvalue weighted by atomic mass is 9.79. The highest BCUT2D eigenvalue weighted by Gasteiger charge is 2.29. The van der Waals surface area contributed by atoms with E-state index in [1.165, 1.54) is 36.0 Å². The Morgan fingerprint density at radius 2 is 2.06 bits per heavy atom. The molecule has 94 valence electrons. The van der Waals surface area contributed by atoms with Gasteiger partial charge in [0, 0.05) is 12.0 Å². The maximum absolute atomic E-state index is 9.85. The first-order valence-corrected chi connectivity index (χ1v) is 6.54. The molecule has 2 nitrogen and oxygen atoms in total. The molecule has 1 aromatic rings. The van der Waals surface area contributed by atoms with E-state index in [1.807, 2.05) is 6.92 Å². The Kier molecular flexibility index (Phi) is 3.55. The minimum Gasteiger partial charge on any atom is -0.393 e. The highest BCUT2D eigenvalue weighted by atomic mass is 16.3. The number of nitrogens with two attached hydrogens (primary N) is 1. The topological polar surface area (TPSA) is 46.2 Å². The predicted molar refractivity (Wildman–Crippen MR) is 71.0 cm³/mol. The third-order valence-corrected chi connectivity index (χ3v) is 4.25. The summed E-state index contributed by atoms with van der Waals surface area (Å²) < 4.78 is 0. The van der Waals surface area contributed by atoms with E-state index in [-0.39, 0.29) is 11.5 Å². The fourth-order valence-electron chi connectivity index (χ4n) is 2.59. The number of hydrogen-bond donors (Lipinski definition) is 2. The van der Waals surface area contributed by atoms with E-state index in [0.717, 1.165) is 6.42 Å². The molecule has 0 amide bonds. The molecule has 0 aromatic heterocycles. The Bertz CT molecular complexity index is 400. The van der Waals surface area contributed by atoms with Crippen LogP contribution in [-0.4, -0.2) is 17.8 Å². The van der Waals surface area contributed by atoms with E-state index < -0.39 is 0 Å². The van der Waals surface area contributed by atoms with Crippen molar-refractivity contribution in [3.05, 3.63) is 34.9 Å². The SMILES string of the molecule is CC(O)C(C)(CN)Cc1ccc2c(c1)CCC2. The van der Waals surface area contributed by atoms with E-state index in [4.69, 9.17) is 5.73 Å². The number of fused-ring (bicyclic) bond motifs is 1. The van der Waals surface area contributed by atoms with Crippen molar-refractivity contribution in [1.29, 1.82) is 0 Å². The molecule has 0 radical (unpaired) electrons. The second-order valence-electron chi connectivity index (χ2n) is 5.67. The number of benzene rings is 1. The van der Waals surface area contributed by atoms with Gasteiger partial charge in [-0.05, 0) is 49.3 Å². The molecule has 1 aliphatic carbocycles. The van der Waals surface area contributed by atoms with Crippen LogP contribution in [0.1, 0.15) is 37.0 Å². The predicted octanol–water partition coefficient (Wildman–Crippen LogP) is 2.06. The van der Waals surface area contributed by atoms with E-state index in [2.05, 4.69) is 25.1 Å². The molecule has 2 unspecified atom stereocenters. The average molecular weight is 233 g/mol. The summed E-state index contributed by atoms with van der Waals surface area (Å²) in [6, 6.07) is 6.75. The van der Waals surface area contributed by atoms with Crippen molar-refractivity contribution in [2.24, 2.45) is 11.1 Å². The highest BCUT2D eigenvalue weighted by Crippen LogP contribution is 2.29. The Hall–Kier alpha value is -0.860. The smallest absolute Gasteiger partial charge is 0.0580 e. The lowest BCUT2D eigenvalue weighted by Gasteiger charge is -2.31. The maximum Gasteiger partial charge on any atom is 0.0580 e. The lowest BCUT2D eigenvalue weighted by Crippen LogP contribution is -2.39. The van der Waals surface area contributed by atoms with E-state index in [9.17, 15) is 5.11 Å². The van der Waals surface area contributed by atoms with Gasteiger partial charge in [0.1, 0.15) is 0 Å². The van der Waals surface area contributed by atoms with Gasteiger partial charge in [0.05, 0.1) is 6.10 Å². The van der Waals surface area contributed by atoms with Crippen molar-refractivity contribution in [3.8, 4) is 0 Å². The monoisotopic (exact) mass is 233 g/mol. The van der Waals surface area contributed by atoms with Crippen LogP contribution in [0, 0.1) is 5.41 Å². The highest BCUT2D eigenvalue weighted by molar-refractivity contribution is 5.35. The minimum absolute atomic E-state index is 0.215. The number of hydrogen-bond acceptors (Lipinski definition) is 2. The van der Waals surface area contributed by atoms with Gasteiger partial charge in [0.25, 0.3) is 0 Å². The summed E-state index contributed by atoms with van der Waals surface area (Å²) >= 11 is 0. The Morgan fingerprint density at radius 3 is 2.71 bits per heavy atom. The van der Waals surface area contributed by atoms with Gasteiger partial charge in [0.2, 0.25) is 0 Å². The van der Waals surface area contributed by atoms with Crippen molar-refractivity contribution in [3.63, 3.8) is 0 Å². The second kappa shape index (κ2) is 4.79. The molecule has 0 bridgehead atoms. The van der Waals surface area contributed by atoms with E-state index in [1.54, 1.807) is 0 Å². The van der Waals surface area contributed by atoms with Gasteiger partial charge in [-0.2, -0.15) is 0 Å². The van der Waals surface area contributed by atoms with Crippen LogP contribution in [0.25, 0.3) is 0 Å². The minimum atomic E-state index is -0.374. The van der Waals surface area contributed by atoms with Crippen molar-refractivity contribution >= 4 is 0 Å². The van der Waals surface area contributed by atoms with Crippen LogP contribution in [0.4, 0.5) is 0 Å². The van der Waals surface area contributed by atoms with Crippen molar-refractivity contribution in [2.45, 2.75) is 45.6 Å². The first-order valence-electron chi connectivity index (χ1n) is 6.54. The molecule has 0 saturated heterocycles. The average Bonchev–Trinajstić information content (AvgIpc) is 2.75. The lowest BCUT2D eigenvalue weighted by molar-refractivity contribution is 0.0589. The van der Waals surface area contributed by atoms with Crippen LogP contribution in [-0.2, 0) is 19.3 Å². The van der Waals surface area contributed by atoms with Crippen LogP contribution in [0.3, 0.4) is 0 Å². The zero-order valence-corrected chi connectivity index (χ0v) is 10.9. The zero-order chi connectivity index (χ0) is 12.5. The Labute approximate surface area is 104 Å². The van der Waals surface area contributed by atoms with Crippen LogP contribution >= 0.6 is 0 Å². The quantitative estimate of drug-likeness (QED) is 0.836. The van der Waals surface area contributed by atoms with Crippen molar-refractivity contribution in [2.75, 3.05) is 6.54 Å². The molecule has 17 heavy (non-hydrogen) atoms. The van der Waals surface area contributed by atoms with Gasteiger partial charge >= 0.3 is 0 Å². The van der Waals surface area contributed by atoms with Crippen molar-refractivity contribution < 1.29 is 5.11 Å². The van der Waals surface area contributed by atoms with Crippen LogP contribution in [0.5, 0.6) is 0 Å². The third-order valence-electron chi connectivity index (χ3n) is 4.25. The molecule has 0 spiro atoms. The summed E-state index contributed by atoms with van der Waals surface area (Å²) in [5, 5.41) is 9.85. The number of aryl methyl sites for hydroxylation is 2. The maximum atomic E-state index is 9.85. The van der Waals surface area contributed by atoms with E-state index in [0.29, 0.717) is 6.54 Å². The number of aliphatic hydroxyl groups is 1. The largest absolute Gasteiger partial charge is 0.393 e. The van der Waals surface area contributed by atoms with Gasteiger partial charge in [-0.3, -0.25) is 0 Å². The van der Waals surface area contributed by atoms with E-state index >= 15 is 0 Å². The molecule has 2 atom stereocenters. The summed E-state index contributed by atoms with van der Waals surface area (Å²) in [5.41, 5.74) is 9.89. The number of rotatable bonds is 4. The Morgan fingerprint density at radius 1 is 1.35 bits per heavy atom. The summed E-state index contributed by atoms with van der Waals surface area (Å²) in [6.45, 7) is 4.41. The van der Waals surface area contributed by atoms with Gasteiger partial charge < -0.3 is 10.8 Å². The fraction of sp³-hybridized carbons (Fsp3) is 0.600. The van der Waals surface area contributed by atoms with Gasteiger partial charge in [-0.25, -0.2) is 0 Å². The second-order valence-corrected chi connectivity index (χ2v) is 5.67. The zero-order valence-electron chi connectivity index (χ0n) is 10.9. The summed E-state index contributed by atoms with van der Waals surface area (Å²) in [5.74, 6) is 0. The van der Waals surface area contributed by atoms with Crippen LogP contribution in [0.15, 0.2) is 18.2 Å². The molecule has 0 heterocycles. The molecule has 0 aliphatic heterocycles. The van der Waals surface area contributed by atoms with Gasteiger partial charge in [0.15, 0.2) is 0 Å². The molecule has 2 rings (SSSR count). The molecule has 1 aliphatic rings. The Balaban J connectivity index is 2.18. The molecular weight excluding hydrogens is 210 g/mol. The summed E-state index contributed by atoms with van der Waals surface area (Å²) in [6.07, 6.45) is 4.19. The van der Waals surface area contributed by atoms with Gasteiger partial charge in [-0.15, -0.1) is 0 Å². The fourth-order valence-corrected chi connectivity index (χ4v) is 2.59.